The maximum atomic E-state index is 12.1. The van der Waals surface area contributed by atoms with Gasteiger partial charge < -0.3 is 4.90 Å². The van der Waals surface area contributed by atoms with Gasteiger partial charge in [0.1, 0.15) is 4.21 Å². The minimum atomic E-state index is -3.56. The second-order valence-electron chi connectivity index (χ2n) is 4.11. The van der Waals surface area contributed by atoms with Gasteiger partial charge in [0.15, 0.2) is 0 Å². The van der Waals surface area contributed by atoms with Gasteiger partial charge in [0.05, 0.1) is 4.34 Å². The minimum Gasteiger partial charge on any atom is -0.378 e. The average molecular weight is 317 g/mol. The van der Waals surface area contributed by atoms with Crippen LogP contribution in [0.15, 0.2) is 40.6 Å². The summed E-state index contributed by atoms with van der Waals surface area (Å²) in [5.74, 6) is 0. The number of sulfonamides is 1. The molecule has 0 unspecified atom stereocenters. The molecular formula is C12H13ClN2O2S2. The largest absolute Gasteiger partial charge is 0.378 e. The van der Waals surface area contributed by atoms with Crippen molar-refractivity contribution in [1.29, 1.82) is 0 Å². The lowest BCUT2D eigenvalue weighted by Gasteiger charge is -2.13. The van der Waals surface area contributed by atoms with E-state index in [2.05, 4.69) is 4.72 Å². The molecule has 0 saturated carbocycles. The Bertz CT molecular complexity index is 663. The third-order valence-electron chi connectivity index (χ3n) is 2.45. The van der Waals surface area contributed by atoms with Crippen molar-refractivity contribution in [1.82, 2.24) is 0 Å². The molecule has 0 radical (unpaired) electrons. The van der Waals surface area contributed by atoms with Crippen LogP contribution in [0, 0.1) is 0 Å². The smallest absolute Gasteiger partial charge is 0.271 e. The van der Waals surface area contributed by atoms with Gasteiger partial charge in [-0.1, -0.05) is 11.6 Å². The van der Waals surface area contributed by atoms with Crippen LogP contribution in [-0.2, 0) is 10.0 Å². The second kappa shape index (κ2) is 5.40. The van der Waals surface area contributed by atoms with Gasteiger partial charge in [-0.3, -0.25) is 4.72 Å². The van der Waals surface area contributed by atoms with Crippen LogP contribution in [0.4, 0.5) is 11.4 Å². The van der Waals surface area contributed by atoms with Crippen molar-refractivity contribution in [2.45, 2.75) is 4.21 Å². The van der Waals surface area contributed by atoms with Crippen LogP contribution in [0.1, 0.15) is 0 Å². The fourth-order valence-corrected chi connectivity index (χ4v) is 4.02. The number of anilines is 2. The monoisotopic (exact) mass is 316 g/mol. The molecule has 1 aromatic carbocycles. The third-order valence-corrected chi connectivity index (χ3v) is 5.55. The first-order chi connectivity index (χ1) is 8.88. The topological polar surface area (TPSA) is 49.4 Å². The van der Waals surface area contributed by atoms with E-state index >= 15 is 0 Å². The lowest BCUT2D eigenvalue weighted by molar-refractivity contribution is 0.603. The molecule has 0 atom stereocenters. The highest BCUT2D eigenvalue weighted by Crippen LogP contribution is 2.27. The molecule has 0 fully saturated rings. The molecule has 0 bridgehead atoms. The number of halogens is 1. The number of nitrogens with zero attached hydrogens (tertiary/aromatic N) is 1. The van der Waals surface area contributed by atoms with Crippen molar-refractivity contribution < 1.29 is 8.42 Å². The van der Waals surface area contributed by atoms with Crippen LogP contribution in [0.5, 0.6) is 0 Å². The lowest BCUT2D eigenvalue weighted by atomic mass is 10.3. The molecule has 0 aliphatic carbocycles. The molecule has 0 spiro atoms. The quantitative estimate of drug-likeness (QED) is 0.941. The molecule has 2 aromatic rings. The first-order valence-corrected chi connectivity index (χ1v) is 8.12. The normalized spacial score (nSPS) is 11.3. The highest BCUT2D eigenvalue weighted by molar-refractivity contribution is 7.94. The Hall–Kier alpha value is -1.24. The summed E-state index contributed by atoms with van der Waals surface area (Å²) in [7, 11) is 0.292. The van der Waals surface area contributed by atoms with E-state index in [9.17, 15) is 8.42 Å². The Balaban J connectivity index is 2.21. The molecule has 102 valence electrons. The van der Waals surface area contributed by atoms with Gasteiger partial charge in [-0.05, 0) is 36.4 Å². The average Bonchev–Trinajstić information content (AvgIpc) is 2.77. The molecule has 2 rings (SSSR count). The maximum Gasteiger partial charge on any atom is 0.271 e. The maximum absolute atomic E-state index is 12.1. The van der Waals surface area contributed by atoms with E-state index in [4.69, 9.17) is 11.6 Å². The number of hydrogen-bond donors (Lipinski definition) is 1. The first kappa shape index (κ1) is 14.2. The van der Waals surface area contributed by atoms with Gasteiger partial charge in [-0.15, -0.1) is 11.3 Å². The molecule has 0 saturated heterocycles. The molecule has 0 amide bonds. The lowest BCUT2D eigenvalue weighted by Crippen LogP contribution is -2.12. The van der Waals surface area contributed by atoms with Crippen molar-refractivity contribution in [2.75, 3.05) is 23.7 Å². The number of benzene rings is 1. The number of rotatable bonds is 4. The Morgan fingerprint density at radius 2 is 1.74 bits per heavy atom. The molecule has 1 aromatic heterocycles. The highest BCUT2D eigenvalue weighted by atomic mass is 35.5. The van der Waals surface area contributed by atoms with E-state index in [1.54, 1.807) is 18.2 Å². The Morgan fingerprint density at radius 3 is 2.21 bits per heavy atom. The summed E-state index contributed by atoms with van der Waals surface area (Å²) in [5.41, 5.74) is 1.53. The molecule has 1 N–H and O–H groups in total. The van der Waals surface area contributed by atoms with E-state index in [-0.39, 0.29) is 4.21 Å². The number of nitrogens with one attached hydrogen (secondary N) is 1. The molecule has 19 heavy (non-hydrogen) atoms. The summed E-state index contributed by atoms with van der Waals surface area (Å²) in [6.45, 7) is 0. The van der Waals surface area contributed by atoms with Crippen LogP contribution in [0.3, 0.4) is 0 Å². The van der Waals surface area contributed by atoms with Crippen LogP contribution >= 0.6 is 22.9 Å². The summed E-state index contributed by atoms with van der Waals surface area (Å²) in [5, 5.41) is 0. The van der Waals surface area contributed by atoms with E-state index in [0.29, 0.717) is 10.0 Å². The molecule has 0 aliphatic rings. The zero-order valence-electron chi connectivity index (χ0n) is 10.4. The molecule has 1 heterocycles. The van der Waals surface area contributed by atoms with E-state index < -0.39 is 10.0 Å². The van der Waals surface area contributed by atoms with Gasteiger partial charge in [-0.25, -0.2) is 8.42 Å². The third kappa shape index (κ3) is 3.40. The van der Waals surface area contributed by atoms with Crippen LogP contribution in [0.2, 0.25) is 4.34 Å². The van der Waals surface area contributed by atoms with Gasteiger partial charge in [0.25, 0.3) is 10.0 Å². The van der Waals surface area contributed by atoms with E-state index in [1.165, 1.54) is 6.07 Å². The summed E-state index contributed by atoms with van der Waals surface area (Å²) in [6.07, 6.45) is 0. The molecular weight excluding hydrogens is 304 g/mol. The second-order valence-corrected chi connectivity index (χ2v) is 7.73. The van der Waals surface area contributed by atoms with Crippen molar-refractivity contribution in [2.24, 2.45) is 0 Å². The van der Waals surface area contributed by atoms with Gasteiger partial charge in [0.2, 0.25) is 0 Å². The molecule has 0 aliphatic heterocycles. The van der Waals surface area contributed by atoms with Crippen molar-refractivity contribution in [3.05, 3.63) is 40.7 Å². The SMILES string of the molecule is CN(C)c1ccc(NS(=O)(=O)c2ccc(Cl)s2)cc1. The van der Waals surface area contributed by atoms with Crippen LogP contribution in [-0.4, -0.2) is 22.5 Å². The summed E-state index contributed by atoms with van der Waals surface area (Å²) >= 11 is 6.77. The summed E-state index contributed by atoms with van der Waals surface area (Å²) < 4.78 is 27.3. The first-order valence-electron chi connectivity index (χ1n) is 5.44. The van der Waals surface area contributed by atoms with E-state index in [0.717, 1.165) is 17.0 Å². The summed E-state index contributed by atoms with van der Waals surface area (Å²) in [6, 6.07) is 10.2. The fraction of sp³-hybridized carbons (Fsp3) is 0.167. The van der Waals surface area contributed by atoms with Gasteiger partial charge >= 0.3 is 0 Å². The van der Waals surface area contributed by atoms with Crippen molar-refractivity contribution in [3.63, 3.8) is 0 Å². The number of hydrogen-bond acceptors (Lipinski definition) is 4. The Morgan fingerprint density at radius 1 is 1.11 bits per heavy atom. The minimum absolute atomic E-state index is 0.203. The van der Waals surface area contributed by atoms with Gasteiger partial charge in [0, 0.05) is 25.5 Å². The predicted octanol–water partition coefficient (Wildman–Crippen LogP) is 3.27. The Kier molecular flexibility index (Phi) is 4.03. The number of thiophene rings is 1. The highest BCUT2D eigenvalue weighted by Gasteiger charge is 2.16. The van der Waals surface area contributed by atoms with Crippen LogP contribution < -0.4 is 9.62 Å². The van der Waals surface area contributed by atoms with E-state index in [1.807, 2.05) is 31.1 Å². The zero-order valence-corrected chi connectivity index (χ0v) is 12.8. The predicted molar refractivity (Wildman–Crippen MR) is 80.9 cm³/mol. The molecule has 4 nitrogen and oxygen atoms in total. The standard InChI is InChI=1S/C12H13ClN2O2S2/c1-15(2)10-5-3-9(4-6-10)14-19(16,17)12-8-7-11(13)18-12/h3-8,14H,1-2H3. The fourth-order valence-electron chi connectivity index (χ4n) is 1.48. The summed E-state index contributed by atoms with van der Waals surface area (Å²) in [4.78, 5) is 1.94. The van der Waals surface area contributed by atoms with Crippen molar-refractivity contribution >= 4 is 44.3 Å². The molecule has 7 heteroatoms. The van der Waals surface area contributed by atoms with Gasteiger partial charge in [-0.2, -0.15) is 0 Å². The Labute approximate surface area is 121 Å². The van der Waals surface area contributed by atoms with Crippen LogP contribution in [0.25, 0.3) is 0 Å². The van der Waals surface area contributed by atoms with Crippen molar-refractivity contribution in [3.8, 4) is 0 Å². The zero-order chi connectivity index (χ0) is 14.0.